The van der Waals surface area contributed by atoms with E-state index in [9.17, 15) is 9.18 Å². The van der Waals surface area contributed by atoms with Crippen LogP contribution in [-0.2, 0) is 4.74 Å². The van der Waals surface area contributed by atoms with Gasteiger partial charge < -0.3 is 14.5 Å². The van der Waals surface area contributed by atoms with Crippen molar-refractivity contribution in [3.63, 3.8) is 0 Å². The molecule has 7 heteroatoms. The van der Waals surface area contributed by atoms with Crippen LogP contribution in [0.4, 0.5) is 10.1 Å². The van der Waals surface area contributed by atoms with Gasteiger partial charge in [0.2, 0.25) is 11.8 Å². The standard InChI is InChI=1S/C24H20FN3O3/c1-2-30-24(29)17-12-14-18(15-13-17)26-21(19-10-6-7-11-20(19)25)23-28-27-22(31-23)16-8-4-3-5-9-16/h3-15,21,26H,2H2,1H3/t21-/m1/s1. The predicted molar refractivity (Wildman–Crippen MR) is 114 cm³/mol. The van der Waals surface area contributed by atoms with Crippen LogP contribution < -0.4 is 5.32 Å². The summed E-state index contributed by atoms with van der Waals surface area (Å²) < 4.78 is 25.5. The minimum Gasteiger partial charge on any atom is -0.462 e. The molecular weight excluding hydrogens is 397 g/mol. The number of hydrogen-bond donors (Lipinski definition) is 1. The fourth-order valence-electron chi connectivity index (χ4n) is 3.11. The number of benzene rings is 3. The number of nitrogens with one attached hydrogen (secondary N) is 1. The lowest BCUT2D eigenvalue weighted by Crippen LogP contribution is -2.14. The molecule has 0 saturated heterocycles. The fourth-order valence-corrected chi connectivity index (χ4v) is 3.11. The van der Waals surface area contributed by atoms with Gasteiger partial charge in [-0.1, -0.05) is 36.4 Å². The van der Waals surface area contributed by atoms with Crippen LogP contribution in [0, 0.1) is 5.82 Å². The maximum absolute atomic E-state index is 14.6. The highest BCUT2D eigenvalue weighted by atomic mass is 19.1. The molecule has 4 rings (SSSR count). The maximum atomic E-state index is 14.6. The topological polar surface area (TPSA) is 77.2 Å². The number of carbonyl (C=O) groups excluding carboxylic acids is 1. The van der Waals surface area contributed by atoms with Crippen LogP contribution in [0.3, 0.4) is 0 Å². The Morgan fingerprint density at radius 1 is 1.00 bits per heavy atom. The Balaban J connectivity index is 1.66. The molecule has 1 atom stereocenters. The molecule has 0 spiro atoms. The van der Waals surface area contributed by atoms with Gasteiger partial charge >= 0.3 is 5.97 Å². The molecule has 1 N–H and O–H groups in total. The molecule has 6 nitrogen and oxygen atoms in total. The summed E-state index contributed by atoms with van der Waals surface area (Å²) in [7, 11) is 0. The van der Waals surface area contributed by atoms with Gasteiger partial charge in [0, 0.05) is 16.8 Å². The minimum atomic E-state index is -0.723. The van der Waals surface area contributed by atoms with E-state index < -0.39 is 17.8 Å². The summed E-state index contributed by atoms with van der Waals surface area (Å²) in [6.45, 7) is 2.05. The third kappa shape index (κ3) is 4.61. The van der Waals surface area contributed by atoms with Gasteiger partial charge in [-0.25, -0.2) is 9.18 Å². The lowest BCUT2D eigenvalue weighted by Gasteiger charge is -2.18. The van der Waals surface area contributed by atoms with E-state index in [-0.39, 0.29) is 5.89 Å². The highest BCUT2D eigenvalue weighted by Gasteiger charge is 2.24. The molecule has 1 heterocycles. The van der Waals surface area contributed by atoms with E-state index >= 15 is 0 Å². The summed E-state index contributed by atoms with van der Waals surface area (Å²) in [4.78, 5) is 11.9. The van der Waals surface area contributed by atoms with E-state index in [0.717, 1.165) is 5.56 Å². The molecule has 3 aromatic carbocycles. The molecule has 1 aromatic heterocycles. The SMILES string of the molecule is CCOC(=O)c1ccc(N[C@@H](c2nnc(-c3ccccc3)o2)c2ccccc2F)cc1. The quantitative estimate of drug-likeness (QED) is 0.414. The van der Waals surface area contributed by atoms with Crippen LogP contribution in [0.2, 0.25) is 0 Å². The molecular formula is C24H20FN3O3. The largest absolute Gasteiger partial charge is 0.462 e. The second-order valence-corrected chi connectivity index (χ2v) is 6.71. The number of nitrogens with zero attached hydrogens (tertiary/aromatic N) is 2. The molecule has 0 bridgehead atoms. The molecule has 0 unspecified atom stereocenters. The number of rotatable bonds is 7. The summed E-state index contributed by atoms with van der Waals surface area (Å²) in [5.41, 5.74) is 2.22. The Bertz CT molecular complexity index is 1160. The lowest BCUT2D eigenvalue weighted by atomic mass is 10.1. The third-order valence-corrected chi connectivity index (χ3v) is 4.63. The van der Waals surface area contributed by atoms with Crippen molar-refractivity contribution < 1.29 is 18.3 Å². The Morgan fingerprint density at radius 3 is 2.42 bits per heavy atom. The Kier molecular flexibility index (Phi) is 6.03. The van der Waals surface area contributed by atoms with Crippen molar-refractivity contribution in [2.24, 2.45) is 0 Å². The van der Waals surface area contributed by atoms with Gasteiger partial charge in [-0.3, -0.25) is 0 Å². The minimum absolute atomic E-state index is 0.221. The van der Waals surface area contributed by atoms with Crippen LogP contribution in [0.15, 0.2) is 83.3 Å². The summed E-state index contributed by atoms with van der Waals surface area (Å²) in [5, 5.41) is 11.5. The van der Waals surface area contributed by atoms with Crippen molar-refractivity contribution in [2.45, 2.75) is 13.0 Å². The molecule has 0 aliphatic heterocycles. The first-order valence-corrected chi connectivity index (χ1v) is 9.82. The normalized spacial score (nSPS) is 11.7. The zero-order valence-electron chi connectivity index (χ0n) is 16.8. The molecule has 156 valence electrons. The van der Waals surface area contributed by atoms with Crippen LogP contribution in [-0.4, -0.2) is 22.8 Å². The van der Waals surface area contributed by atoms with Crippen LogP contribution in [0.25, 0.3) is 11.5 Å². The van der Waals surface area contributed by atoms with Crippen molar-refractivity contribution >= 4 is 11.7 Å². The molecule has 31 heavy (non-hydrogen) atoms. The van der Waals surface area contributed by atoms with Crippen molar-refractivity contribution in [2.75, 3.05) is 11.9 Å². The van der Waals surface area contributed by atoms with Crippen LogP contribution in [0.5, 0.6) is 0 Å². The van der Waals surface area contributed by atoms with Crippen molar-refractivity contribution in [1.82, 2.24) is 10.2 Å². The summed E-state index contributed by atoms with van der Waals surface area (Å²) >= 11 is 0. The fraction of sp³-hybridized carbons (Fsp3) is 0.125. The van der Waals surface area contributed by atoms with Gasteiger partial charge in [-0.05, 0) is 49.4 Å². The van der Waals surface area contributed by atoms with Crippen molar-refractivity contribution in [3.8, 4) is 11.5 Å². The molecule has 0 amide bonds. The number of carbonyl (C=O) groups is 1. The van der Waals surface area contributed by atoms with Crippen LogP contribution in [0.1, 0.15) is 34.8 Å². The average molecular weight is 417 g/mol. The highest BCUT2D eigenvalue weighted by molar-refractivity contribution is 5.89. The molecule has 0 aliphatic rings. The van der Waals surface area contributed by atoms with E-state index in [1.54, 1.807) is 49.4 Å². The number of ether oxygens (including phenoxy) is 1. The zero-order chi connectivity index (χ0) is 21.6. The number of hydrogen-bond acceptors (Lipinski definition) is 6. The van der Waals surface area contributed by atoms with E-state index in [2.05, 4.69) is 15.5 Å². The zero-order valence-corrected chi connectivity index (χ0v) is 16.8. The Morgan fingerprint density at radius 2 is 1.71 bits per heavy atom. The Labute approximate surface area is 178 Å². The lowest BCUT2D eigenvalue weighted by molar-refractivity contribution is 0.0526. The smallest absolute Gasteiger partial charge is 0.338 e. The number of anilines is 1. The third-order valence-electron chi connectivity index (χ3n) is 4.63. The van der Waals surface area contributed by atoms with E-state index in [1.165, 1.54) is 6.07 Å². The highest BCUT2D eigenvalue weighted by Crippen LogP contribution is 2.30. The molecule has 0 aliphatic carbocycles. The second-order valence-electron chi connectivity index (χ2n) is 6.71. The number of esters is 1. The molecule has 0 radical (unpaired) electrons. The molecule has 0 fully saturated rings. The maximum Gasteiger partial charge on any atom is 0.338 e. The van der Waals surface area contributed by atoms with Crippen molar-refractivity contribution in [1.29, 1.82) is 0 Å². The van der Waals surface area contributed by atoms with Crippen molar-refractivity contribution in [3.05, 3.63) is 102 Å². The first-order valence-electron chi connectivity index (χ1n) is 9.82. The number of halogens is 1. The summed E-state index contributed by atoms with van der Waals surface area (Å²) in [6, 6.07) is 21.7. The molecule has 4 aromatic rings. The van der Waals surface area contributed by atoms with E-state index in [4.69, 9.17) is 9.15 Å². The predicted octanol–water partition coefficient (Wildman–Crippen LogP) is 5.25. The first-order chi connectivity index (χ1) is 15.2. The number of aromatic nitrogens is 2. The summed E-state index contributed by atoms with van der Waals surface area (Å²) in [5.74, 6) is -0.235. The van der Waals surface area contributed by atoms with Gasteiger partial charge in [0.25, 0.3) is 0 Å². The van der Waals surface area contributed by atoms with Crippen LogP contribution >= 0.6 is 0 Å². The van der Waals surface area contributed by atoms with Gasteiger partial charge in [0.15, 0.2) is 0 Å². The van der Waals surface area contributed by atoms with Gasteiger partial charge in [0.05, 0.1) is 12.2 Å². The van der Waals surface area contributed by atoms with Gasteiger partial charge in [-0.15, -0.1) is 10.2 Å². The van der Waals surface area contributed by atoms with Gasteiger partial charge in [0.1, 0.15) is 11.9 Å². The molecule has 0 saturated carbocycles. The second kappa shape index (κ2) is 9.21. The first kappa shape index (κ1) is 20.3. The monoisotopic (exact) mass is 417 g/mol. The Hall–Kier alpha value is -4.00. The average Bonchev–Trinajstić information content (AvgIpc) is 3.29. The van der Waals surface area contributed by atoms with Gasteiger partial charge in [-0.2, -0.15) is 0 Å². The van der Waals surface area contributed by atoms with E-state index in [0.29, 0.717) is 29.3 Å². The summed E-state index contributed by atoms with van der Waals surface area (Å²) in [6.07, 6.45) is 0. The van der Waals surface area contributed by atoms with E-state index in [1.807, 2.05) is 30.3 Å².